The third-order valence-electron chi connectivity index (χ3n) is 4.80. The predicted octanol–water partition coefficient (Wildman–Crippen LogP) is 3.89. The van der Waals surface area contributed by atoms with Gasteiger partial charge in [0.2, 0.25) is 0 Å². The molecule has 26 heavy (non-hydrogen) atoms. The average molecular weight is 349 g/mol. The normalized spacial score (nSPS) is 13.1. The Morgan fingerprint density at radius 2 is 2.00 bits per heavy atom. The van der Waals surface area contributed by atoms with Crippen LogP contribution in [0.2, 0.25) is 0 Å². The summed E-state index contributed by atoms with van der Waals surface area (Å²) in [4.78, 5) is 14.6. The summed E-state index contributed by atoms with van der Waals surface area (Å²) in [5, 5.41) is 4.48. The molecule has 0 saturated heterocycles. The second kappa shape index (κ2) is 6.41. The van der Waals surface area contributed by atoms with Crippen LogP contribution in [0.3, 0.4) is 0 Å². The number of aryl methyl sites for hydroxylation is 2. The average Bonchev–Trinajstić information content (AvgIpc) is 3.17. The molecule has 0 saturated carbocycles. The van der Waals surface area contributed by atoms with Crippen molar-refractivity contribution in [3.63, 3.8) is 0 Å². The van der Waals surface area contributed by atoms with E-state index in [0.717, 1.165) is 28.9 Å². The van der Waals surface area contributed by atoms with Crippen molar-refractivity contribution in [1.29, 1.82) is 0 Å². The smallest absolute Gasteiger partial charge is 0.258 e. The van der Waals surface area contributed by atoms with Crippen molar-refractivity contribution in [3.05, 3.63) is 82.4 Å². The summed E-state index contributed by atoms with van der Waals surface area (Å²) in [6.07, 6.45) is 0.757. The van der Waals surface area contributed by atoms with Crippen LogP contribution in [0.25, 0.3) is 0 Å². The summed E-state index contributed by atoms with van der Waals surface area (Å²) in [6, 6.07) is 14.3. The summed E-state index contributed by atoms with van der Waals surface area (Å²) < 4.78 is 15.5. The topological polar surface area (TPSA) is 38.1 Å². The summed E-state index contributed by atoms with van der Waals surface area (Å²) in [5.41, 5.74) is 5.38. The standard InChI is InChI=1S/C21H20FN3O/c1-14-10-15(2)25(23-14)13-16-4-3-5-18(11-16)21(26)24-9-8-17-6-7-19(22)12-20(17)24/h3-7,10-12H,8-9,13H2,1-2H3. The lowest BCUT2D eigenvalue weighted by atomic mass is 10.1. The van der Waals surface area contributed by atoms with Gasteiger partial charge in [0, 0.05) is 17.8 Å². The van der Waals surface area contributed by atoms with E-state index in [0.29, 0.717) is 24.3 Å². The fraction of sp³-hybridized carbons (Fsp3) is 0.238. The van der Waals surface area contributed by atoms with Gasteiger partial charge < -0.3 is 4.90 Å². The molecule has 5 heteroatoms. The Hall–Kier alpha value is -2.95. The number of carbonyl (C=O) groups is 1. The number of rotatable bonds is 3. The molecule has 1 amide bonds. The van der Waals surface area contributed by atoms with Crippen LogP contribution in [-0.4, -0.2) is 22.2 Å². The Bertz CT molecular complexity index is 993. The van der Waals surface area contributed by atoms with Crippen molar-refractivity contribution in [2.45, 2.75) is 26.8 Å². The van der Waals surface area contributed by atoms with Gasteiger partial charge in [-0.1, -0.05) is 18.2 Å². The molecule has 0 fully saturated rings. The molecule has 0 spiro atoms. The molecule has 0 N–H and O–H groups in total. The number of aromatic nitrogens is 2. The number of nitrogens with zero attached hydrogens (tertiary/aromatic N) is 3. The van der Waals surface area contributed by atoms with E-state index in [4.69, 9.17) is 0 Å². The predicted molar refractivity (Wildman–Crippen MR) is 99.0 cm³/mol. The van der Waals surface area contributed by atoms with Gasteiger partial charge in [0.15, 0.2) is 0 Å². The second-order valence-electron chi connectivity index (χ2n) is 6.76. The van der Waals surface area contributed by atoms with Crippen LogP contribution < -0.4 is 4.90 Å². The highest BCUT2D eigenvalue weighted by Crippen LogP contribution is 2.30. The van der Waals surface area contributed by atoms with Gasteiger partial charge >= 0.3 is 0 Å². The Balaban J connectivity index is 1.60. The maximum Gasteiger partial charge on any atom is 0.258 e. The largest absolute Gasteiger partial charge is 0.308 e. The fourth-order valence-electron chi connectivity index (χ4n) is 3.53. The number of halogens is 1. The van der Waals surface area contributed by atoms with Crippen LogP contribution in [-0.2, 0) is 13.0 Å². The van der Waals surface area contributed by atoms with E-state index in [1.54, 1.807) is 11.0 Å². The quantitative estimate of drug-likeness (QED) is 0.719. The van der Waals surface area contributed by atoms with Gasteiger partial charge in [0.05, 0.1) is 17.9 Å². The first-order chi connectivity index (χ1) is 12.5. The number of benzene rings is 2. The van der Waals surface area contributed by atoms with E-state index in [1.165, 1.54) is 12.1 Å². The Morgan fingerprint density at radius 1 is 1.15 bits per heavy atom. The molecule has 0 unspecified atom stereocenters. The third-order valence-corrected chi connectivity index (χ3v) is 4.80. The summed E-state index contributed by atoms with van der Waals surface area (Å²) >= 11 is 0. The zero-order chi connectivity index (χ0) is 18.3. The van der Waals surface area contributed by atoms with Crippen LogP contribution in [0.5, 0.6) is 0 Å². The highest BCUT2D eigenvalue weighted by Gasteiger charge is 2.26. The zero-order valence-electron chi connectivity index (χ0n) is 14.9. The number of carbonyl (C=O) groups excluding carboxylic acids is 1. The first-order valence-corrected chi connectivity index (χ1v) is 8.71. The van der Waals surface area contributed by atoms with Crippen LogP contribution in [0, 0.1) is 19.7 Å². The molecule has 0 atom stereocenters. The number of hydrogen-bond acceptors (Lipinski definition) is 2. The van der Waals surface area contributed by atoms with Crippen molar-refractivity contribution in [2.75, 3.05) is 11.4 Å². The molecule has 0 radical (unpaired) electrons. The lowest BCUT2D eigenvalue weighted by molar-refractivity contribution is 0.0989. The number of fused-ring (bicyclic) bond motifs is 1. The van der Waals surface area contributed by atoms with Crippen LogP contribution in [0.4, 0.5) is 10.1 Å². The third kappa shape index (κ3) is 3.01. The van der Waals surface area contributed by atoms with Crippen molar-refractivity contribution < 1.29 is 9.18 Å². The van der Waals surface area contributed by atoms with E-state index < -0.39 is 0 Å². The van der Waals surface area contributed by atoms with Gasteiger partial charge in [-0.25, -0.2) is 4.39 Å². The van der Waals surface area contributed by atoms with Crippen molar-refractivity contribution in [2.24, 2.45) is 0 Å². The van der Waals surface area contributed by atoms with Crippen molar-refractivity contribution >= 4 is 11.6 Å². The van der Waals surface area contributed by atoms with E-state index in [-0.39, 0.29) is 11.7 Å². The van der Waals surface area contributed by atoms with Gasteiger partial charge in [0.25, 0.3) is 5.91 Å². The Morgan fingerprint density at radius 3 is 2.77 bits per heavy atom. The molecule has 2 heterocycles. The molecular weight excluding hydrogens is 329 g/mol. The zero-order valence-corrected chi connectivity index (χ0v) is 14.9. The Labute approximate surface area is 151 Å². The van der Waals surface area contributed by atoms with E-state index in [1.807, 2.05) is 48.9 Å². The molecule has 132 valence electrons. The van der Waals surface area contributed by atoms with Crippen LogP contribution in [0.1, 0.15) is 32.9 Å². The van der Waals surface area contributed by atoms with E-state index in [9.17, 15) is 9.18 Å². The molecule has 0 bridgehead atoms. The van der Waals surface area contributed by atoms with Gasteiger partial charge in [-0.15, -0.1) is 0 Å². The SMILES string of the molecule is Cc1cc(C)n(Cc2cccc(C(=O)N3CCc4ccc(F)cc43)c2)n1. The highest BCUT2D eigenvalue weighted by atomic mass is 19.1. The first-order valence-electron chi connectivity index (χ1n) is 8.71. The molecular formula is C21H20FN3O. The fourth-order valence-corrected chi connectivity index (χ4v) is 3.53. The summed E-state index contributed by atoms with van der Waals surface area (Å²) in [7, 11) is 0. The number of hydrogen-bond donors (Lipinski definition) is 0. The minimum absolute atomic E-state index is 0.0930. The molecule has 4 rings (SSSR count). The van der Waals surface area contributed by atoms with Gasteiger partial charge in [-0.2, -0.15) is 5.10 Å². The molecule has 1 aliphatic heterocycles. The van der Waals surface area contributed by atoms with Gasteiger partial charge in [-0.3, -0.25) is 9.48 Å². The van der Waals surface area contributed by atoms with E-state index >= 15 is 0 Å². The molecule has 4 nitrogen and oxygen atoms in total. The molecule has 0 aliphatic carbocycles. The second-order valence-corrected chi connectivity index (χ2v) is 6.76. The van der Waals surface area contributed by atoms with Crippen LogP contribution in [0.15, 0.2) is 48.5 Å². The molecule has 1 aromatic heterocycles. The maximum atomic E-state index is 13.6. The summed E-state index contributed by atoms with van der Waals surface area (Å²) in [5.74, 6) is -0.411. The molecule has 1 aliphatic rings. The number of amides is 1. The molecule has 3 aromatic rings. The minimum Gasteiger partial charge on any atom is -0.308 e. The lowest BCUT2D eigenvalue weighted by Crippen LogP contribution is -2.29. The van der Waals surface area contributed by atoms with Crippen molar-refractivity contribution in [3.8, 4) is 0 Å². The summed E-state index contributed by atoms with van der Waals surface area (Å²) in [6.45, 7) is 5.18. The first kappa shape index (κ1) is 16.5. The monoisotopic (exact) mass is 349 g/mol. The molecule has 2 aromatic carbocycles. The van der Waals surface area contributed by atoms with Crippen molar-refractivity contribution in [1.82, 2.24) is 9.78 Å². The number of anilines is 1. The van der Waals surface area contributed by atoms with Gasteiger partial charge in [0.1, 0.15) is 5.82 Å². The Kier molecular flexibility index (Phi) is 4.07. The lowest BCUT2D eigenvalue weighted by Gasteiger charge is -2.18. The minimum atomic E-state index is -0.318. The van der Waals surface area contributed by atoms with Crippen LogP contribution >= 0.6 is 0 Å². The highest BCUT2D eigenvalue weighted by molar-refractivity contribution is 6.07. The van der Waals surface area contributed by atoms with E-state index in [2.05, 4.69) is 5.10 Å². The van der Waals surface area contributed by atoms with Gasteiger partial charge in [-0.05, 0) is 61.7 Å². The maximum absolute atomic E-state index is 13.6.